The Morgan fingerprint density at radius 1 is 1.00 bits per heavy atom. The van der Waals surface area contributed by atoms with Crippen molar-refractivity contribution < 1.29 is 15.2 Å². The Hall–Kier alpha value is -4.19. The van der Waals surface area contributed by atoms with Gasteiger partial charge in [0.25, 0.3) is 0 Å². The number of fused-ring (bicyclic) bond motifs is 3. The Morgan fingerprint density at radius 2 is 1.76 bits per heavy atom. The van der Waals surface area contributed by atoms with Gasteiger partial charge in [-0.05, 0) is 23.9 Å². The smallest absolute Gasteiger partial charge is 0.872 e. The second kappa shape index (κ2) is 12.7. The first-order chi connectivity index (χ1) is 16.2. The molecule has 1 aliphatic carbocycles. The Bertz CT molecular complexity index is 1500. The summed E-state index contributed by atoms with van der Waals surface area (Å²) in [6, 6.07) is 16.8. The van der Waals surface area contributed by atoms with E-state index in [1.54, 1.807) is 42.8 Å². The van der Waals surface area contributed by atoms with Gasteiger partial charge in [0.05, 0.1) is 10.7 Å². The molecule has 5 rings (SSSR count). The molecule has 0 saturated heterocycles. The summed E-state index contributed by atoms with van der Waals surface area (Å²) >= 11 is 0. The first kappa shape index (κ1) is 26.1. The van der Waals surface area contributed by atoms with E-state index in [2.05, 4.69) is 15.9 Å². The molecule has 0 amide bonds. The summed E-state index contributed by atoms with van der Waals surface area (Å²) in [6.45, 7) is 4.00. The molecule has 0 unspecified atom stereocenters. The zero-order valence-electron chi connectivity index (χ0n) is 19.4. The maximum Gasteiger partial charge on any atom is 2.00 e. The van der Waals surface area contributed by atoms with E-state index in [0.29, 0.717) is 6.42 Å². The van der Waals surface area contributed by atoms with Crippen LogP contribution < -0.4 is 25.8 Å². The zero-order valence-corrected chi connectivity index (χ0v) is 19.4. The van der Waals surface area contributed by atoms with Crippen LogP contribution in [-0.4, -0.2) is 15.1 Å². The molecule has 0 radical (unpaired) electrons. The van der Waals surface area contributed by atoms with E-state index in [0.717, 1.165) is 37.8 Å². The van der Waals surface area contributed by atoms with Crippen LogP contribution in [0.1, 0.15) is 20.3 Å². The minimum Gasteiger partial charge on any atom is -0.872 e. The summed E-state index contributed by atoms with van der Waals surface area (Å²) in [4.78, 5) is 7.35. The maximum absolute atomic E-state index is 11.8. The molecular weight excluding hydrogens is 417 g/mol. The van der Waals surface area contributed by atoms with E-state index in [1.807, 2.05) is 62.4 Å². The summed E-state index contributed by atoms with van der Waals surface area (Å²) in [5.41, 5.74) is 1.55. The zero-order chi connectivity index (χ0) is 23.6. The number of hydrogen-bond donors (Lipinski definition) is 0. The topological polar surface area (TPSA) is 73.2 Å². The number of aromatic nitrogens is 2. The third-order valence-electron chi connectivity index (χ3n) is 5.01. The number of rotatable bonds is 0. The first-order valence-corrected chi connectivity index (χ1v) is 10.8. The summed E-state index contributed by atoms with van der Waals surface area (Å²) in [5.74, 6) is 2.56. The molecule has 0 spiro atoms. The summed E-state index contributed by atoms with van der Waals surface area (Å²) < 4.78 is 0. The molecule has 0 fully saturated rings. The van der Waals surface area contributed by atoms with Gasteiger partial charge in [-0.1, -0.05) is 85.9 Å². The van der Waals surface area contributed by atoms with Crippen molar-refractivity contribution in [3.63, 3.8) is 0 Å². The molecule has 34 heavy (non-hydrogen) atoms. The molecule has 4 nitrogen and oxygen atoms in total. The number of nitrogens with one attached hydrogen (secondary N) is 1. The molecule has 4 aromatic rings. The number of benzene rings is 2. The van der Waals surface area contributed by atoms with Gasteiger partial charge in [0, 0.05) is 34.7 Å². The molecule has 2 aromatic carbocycles. The Morgan fingerprint density at radius 3 is 2.53 bits per heavy atom. The van der Waals surface area contributed by atoms with E-state index in [-0.39, 0.29) is 21.6 Å². The normalized spacial score (nSPS) is 14.0. The van der Waals surface area contributed by atoms with Crippen molar-refractivity contribution in [2.24, 2.45) is 0 Å². The molecule has 2 heterocycles. The van der Waals surface area contributed by atoms with Crippen LogP contribution in [0.4, 0.5) is 0 Å². The van der Waals surface area contributed by atoms with Crippen LogP contribution >= 0.6 is 0 Å². The second-order valence-electron chi connectivity index (χ2n) is 6.95. The molecular formula is C29H25BeN2O2+. The van der Waals surface area contributed by atoms with Crippen LogP contribution in [0.5, 0.6) is 5.75 Å². The molecule has 1 N–H and O–H groups in total. The van der Waals surface area contributed by atoms with Crippen LogP contribution in [-0.2, 0) is 0 Å². The molecule has 0 saturated carbocycles. The number of terminal acetylenes is 1. The van der Waals surface area contributed by atoms with E-state index in [4.69, 9.17) is 6.42 Å². The average Bonchev–Trinajstić information content (AvgIpc) is 2.87. The van der Waals surface area contributed by atoms with Gasteiger partial charge in [-0.25, -0.2) is 4.98 Å². The second-order valence-corrected chi connectivity index (χ2v) is 6.95. The summed E-state index contributed by atoms with van der Waals surface area (Å²) in [7, 11) is 0. The number of hydrogen-bond acceptors (Lipinski definition) is 3. The largest absolute Gasteiger partial charge is 2.00 e. The molecule has 0 bridgehead atoms. The Balaban J connectivity index is 0.000000218. The predicted molar refractivity (Wildman–Crippen MR) is 137 cm³/mol. The van der Waals surface area contributed by atoms with Gasteiger partial charge in [0.2, 0.25) is 5.35 Å². The minimum absolute atomic E-state index is 0. The van der Waals surface area contributed by atoms with Crippen LogP contribution in [0.15, 0.2) is 91.0 Å². The van der Waals surface area contributed by atoms with Crippen LogP contribution in [0.25, 0.3) is 33.3 Å². The van der Waals surface area contributed by atoms with E-state index < -0.39 is 0 Å². The Labute approximate surface area is 203 Å². The standard InChI is InChI=1S/C14H11NO.C13H9NO.C2H6.Be/c1-2-6-11-7-5-10-15-14(11)12-8-3-4-9-13(12)16;15-11-5-1-3-9-6-7-10-4-2-8-14-13(10)12(9)11;1-2;/h1,3-7,9-10,16H,8H2;1-8,15H;1-2H3;/q;;;+2/p-1/b11-6-,14-12-;;;. The maximum atomic E-state index is 11.8. The number of H-pyrrole nitrogens is 1. The van der Waals surface area contributed by atoms with Gasteiger partial charge in [-0.15, -0.1) is 6.42 Å². The third-order valence-corrected chi connectivity index (χ3v) is 5.01. The predicted octanol–water partition coefficient (Wildman–Crippen LogP) is 2.38. The fraction of sp³-hybridized carbons (Fsp3) is 0.103. The molecule has 164 valence electrons. The molecule has 5 heteroatoms. The van der Waals surface area contributed by atoms with E-state index in [1.165, 1.54) is 0 Å². The molecule has 0 aliphatic heterocycles. The molecule has 2 aromatic heterocycles. The van der Waals surface area contributed by atoms with Crippen molar-refractivity contribution in [2.45, 2.75) is 20.3 Å². The Kier molecular flexibility index (Phi) is 9.77. The van der Waals surface area contributed by atoms with Crippen molar-refractivity contribution in [2.75, 3.05) is 0 Å². The number of allylic oxidation sites excluding steroid dienone is 4. The monoisotopic (exact) mass is 442 g/mol. The van der Waals surface area contributed by atoms with Crippen molar-refractivity contribution in [3.8, 4) is 18.1 Å². The fourth-order valence-electron chi connectivity index (χ4n) is 3.57. The van der Waals surface area contributed by atoms with E-state index >= 15 is 0 Å². The van der Waals surface area contributed by atoms with E-state index in [9.17, 15) is 10.2 Å². The van der Waals surface area contributed by atoms with Crippen LogP contribution in [0.2, 0.25) is 0 Å². The first-order valence-electron chi connectivity index (χ1n) is 10.8. The van der Waals surface area contributed by atoms with Gasteiger partial charge >= 0.3 is 10.1 Å². The van der Waals surface area contributed by atoms with Crippen molar-refractivity contribution in [1.29, 1.82) is 0 Å². The SMILES string of the molecule is C#C/C=c1/ccc[nH+]/c1=C1/CC=CC=C1[O-].CC.[Be+2].[O-]c1cccc2ccc3cccnc3c12. The van der Waals surface area contributed by atoms with Crippen molar-refractivity contribution >= 4 is 43.4 Å². The number of aromatic amines is 1. The van der Waals surface area contributed by atoms with Gasteiger partial charge in [-0.2, -0.15) is 0 Å². The molecule has 1 aliphatic rings. The third kappa shape index (κ3) is 5.78. The van der Waals surface area contributed by atoms with Crippen LogP contribution in [0, 0.1) is 12.3 Å². The number of nitrogens with zero attached hydrogens (tertiary/aromatic N) is 1. The van der Waals surface area contributed by atoms with Gasteiger partial charge in [0.1, 0.15) is 0 Å². The van der Waals surface area contributed by atoms with Gasteiger partial charge in [-0.3, -0.25) is 4.98 Å². The number of pyridine rings is 2. The minimum atomic E-state index is 0. The summed E-state index contributed by atoms with van der Waals surface area (Å²) in [6.07, 6.45) is 16.4. The van der Waals surface area contributed by atoms with Gasteiger partial charge < -0.3 is 10.2 Å². The quantitative estimate of drug-likeness (QED) is 0.238. The van der Waals surface area contributed by atoms with Gasteiger partial charge in [0.15, 0.2) is 6.20 Å². The molecule has 0 atom stereocenters. The summed E-state index contributed by atoms with van der Waals surface area (Å²) in [5, 5.41) is 27.8. The average molecular weight is 443 g/mol. The fourth-order valence-corrected chi connectivity index (χ4v) is 3.57. The van der Waals surface area contributed by atoms with Crippen molar-refractivity contribution in [1.82, 2.24) is 4.98 Å². The van der Waals surface area contributed by atoms with Crippen molar-refractivity contribution in [3.05, 3.63) is 102 Å². The van der Waals surface area contributed by atoms with Crippen LogP contribution in [0.3, 0.4) is 0 Å².